The second kappa shape index (κ2) is 3.92. The Morgan fingerprint density at radius 3 is 2.57 bits per heavy atom. The summed E-state index contributed by atoms with van der Waals surface area (Å²) in [5.74, 6) is 0. The van der Waals surface area contributed by atoms with E-state index in [0.29, 0.717) is 5.56 Å². The molecule has 2 rings (SSSR count). The van der Waals surface area contributed by atoms with Crippen LogP contribution in [0.4, 0.5) is 0 Å². The predicted octanol–water partition coefficient (Wildman–Crippen LogP) is 2.00. The summed E-state index contributed by atoms with van der Waals surface area (Å²) < 4.78 is 0. The molecule has 1 aromatic rings. The summed E-state index contributed by atoms with van der Waals surface area (Å²) in [7, 11) is 0. The minimum Gasteiger partial charge on any atom is -0.387 e. The van der Waals surface area contributed by atoms with Crippen LogP contribution in [0.5, 0.6) is 0 Å². The zero-order valence-corrected chi connectivity index (χ0v) is 7.73. The van der Waals surface area contributed by atoms with Gasteiger partial charge in [0.05, 0.1) is 0 Å². The molecular weight excluding hydrogens is 174 g/mol. The monoisotopic (exact) mass is 185 g/mol. The van der Waals surface area contributed by atoms with Gasteiger partial charge in [-0.1, -0.05) is 30.3 Å². The van der Waals surface area contributed by atoms with E-state index in [0.717, 1.165) is 18.4 Å². The topological polar surface area (TPSA) is 29.1 Å². The molecule has 2 heteroatoms. The molecule has 0 amide bonds. The molecule has 0 fully saturated rings. The molecule has 1 aliphatic heterocycles. The molecule has 1 aromatic carbocycles. The zero-order valence-electron chi connectivity index (χ0n) is 7.73. The lowest BCUT2D eigenvalue weighted by Gasteiger charge is -2.08. The van der Waals surface area contributed by atoms with Crippen LogP contribution in [0, 0.1) is 0 Å². The molecule has 1 heterocycles. The van der Waals surface area contributed by atoms with E-state index < -0.39 is 0 Å². The quantitative estimate of drug-likeness (QED) is 0.714. The van der Waals surface area contributed by atoms with Gasteiger partial charge in [0.25, 0.3) is 0 Å². The van der Waals surface area contributed by atoms with Crippen LogP contribution >= 0.6 is 0 Å². The fourth-order valence-corrected chi connectivity index (χ4v) is 1.42. The Hall–Kier alpha value is -1.83. The third-order valence-electron chi connectivity index (χ3n) is 2.20. The first-order chi connectivity index (χ1) is 6.90. The van der Waals surface area contributed by atoms with Crippen molar-refractivity contribution < 1.29 is 4.79 Å². The molecule has 70 valence electrons. The molecule has 0 unspecified atom stereocenters. The first kappa shape index (κ1) is 8.75. The van der Waals surface area contributed by atoms with Crippen molar-refractivity contribution in [1.82, 2.24) is 5.32 Å². The molecule has 0 aromatic heterocycles. The van der Waals surface area contributed by atoms with Crippen molar-refractivity contribution in [3.05, 3.63) is 53.7 Å². The van der Waals surface area contributed by atoms with Crippen LogP contribution in [0.25, 0.3) is 5.57 Å². The van der Waals surface area contributed by atoms with Crippen molar-refractivity contribution >= 4 is 11.9 Å². The van der Waals surface area contributed by atoms with Gasteiger partial charge in [-0.15, -0.1) is 0 Å². The van der Waals surface area contributed by atoms with Gasteiger partial charge in [0.2, 0.25) is 0 Å². The number of carbonyl (C=O) groups excluding carboxylic acids is 1. The van der Waals surface area contributed by atoms with Crippen LogP contribution in [-0.4, -0.2) is 12.8 Å². The molecule has 0 saturated carbocycles. The number of nitrogens with one attached hydrogen (secondary N) is 1. The molecule has 14 heavy (non-hydrogen) atoms. The number of hydrogen-bond acceptors (Lipinski definition) is 2. The van der Waals surface area contributed by atoms with Crippen molar-refractivity contribution in [2.45, 2.75) is 0 Å². The lowest BCUT2D eigenvalue weighted by molar-refractivity contribution is 0.112. The fourth-order valence-electron chi connectivity index (χ4n) is 1.42. The predicted molar refractivity (Wildman–Crippen MR) is 56.9 cm³/mol. The first-order valence-corrected chi connectivity index (χ1v) is 4.56. The van der Waals surface area contributed by atoms with Crippen LogP contribution in [0.2, 0.25) is 0 Å². The van der Waals surface area contributed by atoms with E-state index in [4.69, 9.17) is 0 Å². The van der Waals surface area contributed by atoms with E-state index in [1.165, 1.54) is 5.57 Å². The molecule has 0 spiro atoms. The molecule has 2 nitrogen and oxygen atoms in total. The van der Waals surface area contributed by atoms with Crippen LogP contribution in [-0.2, 0) is 0 Å². The summed E-state index contributed by atoms with van der Waals surface area (Å²) in [5.41, 5.74) is 3.06. The van der Waals surface area contributed by atoms with Crippen LogP contribution in [0.1, 0.15) is 15.9 Å². The average Bonchev–Trinajstić information content (AvgIpc) is 2.30. The SMILES string of the molecule is O=Cc1ccc(C2=CCNC=C2)cc1. The second-order valence-corrected chi connectivity index (χ2v) is 3.14. The Morgan fingerprint density at radius 1 is 1.21 bits per heavy atom. The van der Waals surface area contributed by atoms with Crippen molar-refractivity contribution in [3.63, 3.8) is 0 Å². The maximum Gasteiger partial charge on any atom is 0.150 e. The Labute approximate surface area is 82.9 Å². The summed E-state index contributed by atoms with van der Waals surface area (Å²) in [6, 6.07) is 7.59. The highest BCUT2D eigenvalue weighted by Crippen LogP contribution is 2.17. The Morgan fingerprint density at radius 2 is 2.00 bits per heavy atom. The van der Waals surface area contributed by atoms with E-state index in [1.54, 1.807) is 0 Å². The molecule has 1 aliphatic rings. The minimum absolute atomic E-state index is 0.715. The summed E-state index contributed by atoms with van der Waals surface area (Å²) >= 11 is 0. The molecule has 0 radical (unpaired) electrons. The molecular formula is C12H11NO. The van der Waals surface area contributed by atoms with Crippen LogP contribution in [0.15, 0.2) is 42.6 Å². The lowest BCUT2D eigenvalue weighted by atomic mass is 10.0. The van der Waals surface area contributed by atoms with Gasteiger partial charge in [-0.2, -0.15) is 0 Å². The number of carbonyl (C=O) groups is 1. The smallest absolute Gasteiger partial charge is 0.150 e. The van der Waals surface area contributed by atoms with Gasteiger partial charge in [-0.25, -0.2) is 0 Å². The number of benzene rings is 1. The second-order valence-electron chi connectivity index (χ2n) is 3.14. The van der Waals surface area contributed by atoms with Crippen molar-refractivity contribution in [1.29, 1.82) is 0 Å². The number of allylic oxidation sites excluding steroid dienone is 2. The van der Waals surface area contributed by atoms with Crippen molar-refractivity contribution in [3.8, 4) is 0 Å². The number of aldehydes is 1. The maximum atomic E-state index is 10.5. The summed E-state index contributed by atoms with van der Waals surface area (Å²) in [4.78, 5) is 10.5. The van der Waals surface area contributed by atoms with Gasteiger partial charge >= 0.3 is 0 Å². The highest BCUT2D eigenvalue weighted by molar-refractivity contribution is 5.79. The summed E-state index contributed by atoms with van der Waals surface area (Å²) in [6.45, 7) is 0.862. The standard InChI is InChI=1S/C12H11NO/c14-9-10-1-3-11(4-2-10)12-5-7-13-8-6-12/h1-7,9,13H,8H2. The maximum absolute atomic E-state index is 10.5. The van der Waals surface area contributed by atoms with E-state index in [9.17, 15) is 4.79 Å². The van der Waals surface area contributed by atoms with E-state index in [2.05, 4.69) is 11.4 Å². The lowest BCUT2D eigenvalue weighted by Crippen LogP contribution is -2.08. The third kappa shape index (κ3) is 1.74. The van der Waals surface area contributed by atoms with E-state index in [-0.39, 0.29) is 0 Å². The van der Waals surface area contributed by atoms with E-state index >= 15 is 0 Å². The van der Waals surface area contributed by atoms with Gasteiger partial charge in [-0.05, 0) is 23.4 Å². The normalized spacial score (nSPS) is 14.4. The number of hydrogen-bond donors (Lipinski definition) is 1. The van der Waals surface area contributed by atoms with Crippen LogP contribution < -0.4 is 5.32 Å². The van der Waals surface area contributed by atoms with Gasteiger partial charge in [-0.3, -0.25) is 4.79 Å². The number of rotatable bonds is 2. The molecule has 0 atom stereocenters. The highest BCUT2D eigenvalue weighted by Gasteiger charge is 2.00. The highest BCUT2D eigenvalue weighted by atomic mass is 16.1. The largest absolute Gasteiger partial charge is 0.387 e. The van der Waals surface area contributed by atoms with Crippen molar-refractivity contribution in [2.75, 3.05) is 6.54 Å². The summed E-state index contributed by atoms with van der Waals surface area (Å²) in [5, 5.41) is 3.09. The third-order valence-corrected chi connectivity index (χ3v) is 2.20. The van der Waals surface area contributed by atoms with E-state index in [1.807, 2.05) is 36.5 Å². The molecule has 0 saturated heterocycles. The Balaban J connectivity index is 2.28. The number of dihydropyridines is 1. The molecule has 0 bridgehead atoms. The van der Waals surface area contributed by atoms with Gasteiger partial charge < -0.3 is 5.32 Å². The van der Waals surface area contributed by atoms with Crippen LogP contribution in [0.3, 0.4) is 0 Å². The van der Waals surface area contributed by atoms with Gasteiger partial charge in [0, 0.05) is 12.1 Å². The molecule has 0 aliphatic carbocycles. The van der Waals surface area contributed by atoms with Crippen molar-refractivity contribution in [2.24, 2.45) is 0 Å². The molecule has 1 N–H and O–H groups in total. The minimum atomic E-state index is 0.715. The fraction of sp³-hybridized carbons (Fsp3) is 0.0833. The Kier molecular flexibility index (Phi) is 2.45. The van der Waals surface area contributed by atoms with Gasteiger partial charge in [0.15, 0.2) is 0 Å². The first-order valence-electron chi connectivity index (χ1n) is 4.56. The summed E-state index contributed by atoms with van der Waals surface area (Å²) in [6.07, 6.45) is 6.94. The Bertz CT molecular complexity index is 387. The van der Waals surface area contributed by atoms with Gasteiger partial charge in [0.1, 0.15) is 6.29 Å². The zero-order chi connectivity index (χ0) is 9.80. The average molecular weight is 185 g/mol.